The fourth-order valence-electron chi connectivity index (χ4n) is 4.33. The van der Waals surface area contributed by atoms with E-state index in [0.29, 0.717) is 17.9 Å². The van der Waals surface area contributed by atoms with E-state index in [0.717, 1.165) is 22.0 Å². The fraction of sp³-hybridized carbons (Fsp3) is 0.208. The van der Waals surface area contributed by atoms with Crippen LogP contribution in [0.15, 0.2) is 65.4 Å². The molecule has 31 heavy (non-hydrogen) atoms. The lowest BCUT2D eigenvalue weighted by Gasteiger charge is -2.40. The Kier molecular flexibility index (Phi) is 4.39. The lowest BCUT2D eigenvalue weighted by molar-refractivity contribution is -0.117. The highest BCUT2D eigenvalue weighted by Gasteiger charge is 2.35. The Hall–Kier alpha value is -3.87. The molecule has 1 aliphatic heterocycles. The molecule has 1 aliphatic rings. The maximum atomic E-state index is 13.2. The summed E-state index contributed by atoms with van der Waals surface area (Å²) in [6.07, 6.45) is 3.46. The van der Waals surface area contributed by atoms with Gasteiger partial charge in [-0.15, -0.1) is 0 Å². The van der Waals surface area contributed by atoms with Gasteiger partial charge in [-0.05, 0) is 48.4 Å². The number of furan rings is 1. The smallest absolute Gasteiger partial charge is 0.294 e. The van der Waals surface area contributed by atoms with Gasteiger partial charge in [0.25, 0.3) is 5.91 Å². The monoisotopic (exact) mass is 414 g/mol. The van der Waals surface area contributed by atoms with Crippen molar-refractivity contribution in [3.05, 3.63) is 66.8 Å². The minimum atomic E-state index is -0.223. The van der Waals surface area contributed by atoms with E-state index in [4.69, 9.17) is 4.42 Å². The van der Waals surface area contributed by atoms with Gasteiger partial charge in [-0.2, -0.15) is 5.10 Å². The predicted octanol–water partition coefficient (Wildman–Crippen LogP) is 4.24. The van der Waals surface area contributed by atoms with Gasteiger partial charge in [0.05, 0.1) is 29.2 Å². The highest BCUT2D eigenvalue weighted by Crippen LogP contribution is 2.40. The van der Waals surface area contributed by atoms with Crippen LogP contribution in [0.25, 0.3) is 22.0 Å². The maximum absolute atomic E-state index is 13.2. The normalized spacial score (nSPS) is 15.9. The van der Waals surface area contributed by atoms with E-state index in [9.17, 15) is 9.59 Å². The van der Waals surface area contributed by atoms with E-state index in [1.807, 2.05) is 56.6 Å². The first-order valence-corrected chi connectivity index (χ1v) is 10.2. The van der Waals surface area contributed by atoms with Gasteiger partial charge in [0.15, 0.2) is 5.76 Å². The third kappa shape index (κ3) is 3.18. The largest absolute Gasteiger partial charge is 0.459 e. The minimum absolute atomic E-state index is 0.0542. The van der Waals surface area contributed by atoms with Crippen LogP contribution in [0.1, 0.15) is 24.4 Å². The lowest BCUT2D eigenvalue weighted by atomic mass is 9.99. The second-order valence-electron chi connectivity index (χ2n) is 7.91. The molecule has 2 aromatic heterocycles. The Morgan fingerprint density at radius 1 is 1.06 bits per heavy atom. The van der Waals surface area contributed by atoms with Crippen LogP contribution < -0.4 is 9.80 Å². The van der Waals surface area contributed by atoms with E-state index in [2.05, 4.69) is 5.10 Å². The molecule has 0 aliphatic carbocycles. The minimum Gasteiger partial charge on any atom is -0.459 e. The van der Waals surface area contributed by atoms with Crippen molar-refractivity contribution in [2.45, 2.75) is 19.9 Å². The van der Waals surface area contributed by atoms with Crippen molar-refractivity contribution in [2.75, 3.05) is 16.3 Å². The van der Waals surface area contributed by atoms with Gasteiger partial charge in [-0.3, -0.25) is 14.3 Å². The summed E-state index contributed by atoms with van der Waals surface area (Å²) in [6, 6.07) is 15.2. The zero-order valence-corrected chi connectivity index (χ0v) is 17.6. The summed E-state index contributed by atoms with van der Waals surface area (Å²) in [7, 11) is 1.90. The van der Waals surface area contributed by atoms with Crippen molar-refractivity contribution in [2.24, 2.45) is 7.05 Å². The Morgan fingerprint density at radius 2 is 1.84 bits per heavy atom. The number of hydrogen-bond acceptors (Lipinski definition) is 4. The Labute approximate surface area is 179 Å². The maximum Gasteiger partial charge on any atom is 0.294 e. The summed E-state index contributed by atoms with van der Waals surface area (Å²) in [5.41, 5.74) is 4.25. The van der Waals surface area contributed by atoms with Crippen LogP contribution in [-0.4, -0.2) is 34.2 Å². The van der Waals surface area contributed by atoms with Gasteiger partial charge in [-0.1, -0.05) is 18.2 Å². The number of carbonyl (C=O) groups is 2. The second kappa shape index (κ2) is 7.12. The number of aromatic nitrogens is 2. The summed E-state index contributed by atoms with van der Waals surface area (Å²) in [4.78, 5) is 29.0. The molecule has 7 heteroatoms. The molecule has 2 aromatic carbocycles. The zero-order chi connectivity index (χ0) is 21.7. The summed E-state index contributed by atoms with van der Waals surface area (Å²) < 4.78 is 7.15. The van der Waals surface area contributed by atoms with Gasteiger partial charge in [0.2, 0.25) is 5.91 Å². The van der Waals surface area contributed by atoms with Gasteiger partial charge in [-0.25, -0.2) is 0 Å². The number of hydrogen-bond donors (Lipinski definition) is 0. The molecule has 0 spiro atoms. The number of benzene rings is 2. The van der Waals surface area contributed by atoms with Crippen LogP contribution in [0.2, 0.25) is 0 Å². The Balaban J connectivity index is 1.64. The molecule has 0 unspecified atom stereocenters. The second-order valence-corrected chi connectivity index (χ2v) is 7.91. The molecule has 2 amide bonds. The summed E-state index contributed by atoms with van der Waals surface area (Å²) in [6.45, 7) is 3.87. The number of fused-ring (bicyclic) bond motifs is 2. The van der Waals surface area contributed by atoms with Crippen LogP contribution >= 0.6 is 0 Å². The first-order chi connectivity index (χ1) is 14.9. The van der Waals surface area contributed by atoms with Crippen molar-refractivity contribution in [3.8, 4) is 11.1 Å². The number of carbonyl (C=O) groups excluding carboxylic acids is 2. The van der Waals surface area contributed by atoms with Crippen LogP contribution in [-0.2, 0) is 11.8 Å². The molecule has 0 fully saturated rings. The molecule has 0 saturated heterocycles. The van der Waals surface area contributed by atoms with Gasteiger partial charge in [0, 0.05) is 32.1 Å². The third-order valence-corrected chi connectivity index (χ3v) is 5.68. The molecule has 1 atom stereocenters. The molecule has 156 valence electrons. The highest BCUT2D eigenvalue weighted by atomic mass is 16.3. The van der Waals surface area contributed by atoms with Crippen LogP contribution in [0, 0.1) is 0 Å². The SMILES string of the molecule is CC(=O)N1c2ccc(-c3ccc4cn(C)nc4c3)cc2N(C(=O)c2ccco2)C[C@@H]1C. The molecule has 3 heterocycles. The standard InChI is InChI=1S/C24H22N4O3/c1-15-13-27(24(30)23-5-4-10-31-23)22-12-18(8-9-21(22)28(15)16(2)29)17-6-7-19-14-26(3)25-20(19)11-17/h4-12,14-15H,13H2,1-3H3/t15-/m0/s1. The lowest BCUT2D eigenvalue weighted by Crippen LogP contribution is -2.51. The van der Waals surface area contributed by atoms with E-state index in [1.165, 1.54) is 6.26 Å². The summed E-state index contributed by atoms with van der Waals surface area (Å²) in [5.74, 6) is -0.00475. The van der Waals surface area contributed by atoms with Crippen molar-refractivity contribution in [1.29, 1.82) is 0 Å². The van der Waals surface area contributed by atoms with Crippen molar-refractivity contribution < 1.29 is 14.0 Å². The third-order valence-electron chi connectivity index (χ3n) is 5.68. The van der Waals surface area contributed by atoms with Crippen LogP contribution in [0.3, 0.4) is 0 Å². The summed E-state index contributed by atoms with van der Waals surface area (Å²) in [5, 5.41) is 5.56. The molecule has 5 rings (SSSR count). The quantitative estimate of drug-likeness (QED) is 0.492. The Bertz CT molecular complexity index is 1310. The molecule has 7 nitrogen and oxygen atoms in total. The highest BCUT2D eigenvalue weighted by molar-refractivity contribution is 6.10. The predicted molar refractivity (Wildman–Crippen MR) is 119 cm³/mol. The van der Waals surface area contributed by atoms with Crippen molar-refractivity contribution in [3.63, 3.8) is 0 Å². The Morgan fingerprint density at radius 3 is 2.58 bits per heavy atom. The number of rotatable bonds is 2. The molecular weight excluding hydrogens is 392 g/mol. The zero-order valence-electron chi connectivity index (χ0n) is 17.6. The van der Waals surface area contributed by atoms with Crippen molar-refractivity contribution in [1.82, 2.24) is 9.78 Å². The first-order valence-electron chi connectivity index (χ1n) is 10.2. The fourth-order valence-corrected chi connectivity index (χ4v) is 4.33. The molecule has 0 N–H and O–H groups in total. The van der Waals surface area contributed by atoms with Gasteiger partial charge < -0.3 is 14.2 Å². The summed E-state index contributed by atoms with van der Waals surface area (Å²) >= 11 is 0. The number of aryl methyl sites for hydroxylation is 1. The average Bonchev–Trinajstić information content (AvgIpc) is 3.40. The van der Waals surface area contributed by atoms with Crippen LogP contribution in [0.5, 0.6) is 0 Å². The molecular formula is C24H22N4O3. The molecule has 0 bridgehead atoms. The van der Waals surface area contributed by atoms with E-state index < -0.39 is 0 Å². The molecule has 4 aromatic rings. The van der Waals surface area contributed by atoms with Crippen LogP contribution in [0.4, 0.5) is 11.4 Å². The first kappa shape index (κ1) is 19.1. The van der Waals surface area contributed by atoms with E-state index in [-0.39, 0.29) is 23.6 Å². The van der Waals surface area contributed by atoms with Gasteiger partial charge in [0.1, 0.15) is 0 Å². The molecule has 0 saturated carbocycles. The number of amides is 2. The average molecular weight is 414 g/mol. The topological polar surface area (TPSA) is 71.6 Å². The number of nitrogens with zero attached hydrogens (tertiary/aromatic N) is 4. The van der Waals surface area contributed by atoms with Gasteiger partial charge >= 0.3 is 0 Å². The van der Waals surface area contributed by atoms with Crippen molar-refractivity contribution >= 4 is 34.1 Å². The van der Waals surface area contributed by atoms with E-state index >= 15 is 0 Å². The molecule has 0 radical (unpaired) electrons. The number of anilines is 2. The van der Waals surface area contributed by atoms with E-state index in [1.54, 1.807) is 33.5 Å².